The minimum Gasteiger partial charge on any atom is -0.463 e. The van der Waals surface area contributed by atoms with Crippen molar-refractivity contribution in [2.45, 2.75) is 6.92 Å². The number of hydrogen-bond donors (Lipinski definition) is 1. The monoisotopic (exact) mass is 226 g/mol. The van der Waals surface area contributed by atoms with Crippen LogP contribution in [0.4, 0.5) is 5.69 Å². The zero-order valence-corrected chi connectivity index (χ0v) is 8.99. The molecule has 0 amide bonds. The van der Waals surface area contributed by atoms with Crippen molar-refractivity contribution in [1.29, 1.82) is 0 Å². The molecular formula is C10H11ClN2O2. The van der Waals surface area contributed by atoms with E-state index in [1.165, 1.54) is 24.4 Å². The van der Waals surface area contributed by atoms with Crippen LogP contribution in [0, 0.1) is 0 Å². The maximum atomic E-state index is 11.0. The molecule has 1 rings (SSSR count). The smallest absolute Gasteiger partial charge is 0.330 e. The van der Waals surface area contributed by atoms with E-state index < -0.39 is 5.97 Å². The number of ether oxygens (including phenoxy) is 1. The Morgan fingerprint density at radius 2 is 2.47 bits per heavy atom. The van der Waals surface area contributed by atoms with Gasteiger partial charge >= 0.3 is 5.97 Å². The first-order valence-corrected chi connectivity index (χ1v) is 4.77. The lowest BCUT2D eigenvalue weighted by atomic mass is 10.2. The van der Waals surface area contributed by atoms with Crippen LogP contribution in [0.15, 0.2) is 18.3 Å². The average molecular weight is 227 g/mol. The summed E-state index contributed by atoms with van der Waals surface area (Å²) < 4.78 is 4.71. The molecule has 0 aliphatic carbocycles. The highest BCUT2D eigenvalue weighted by Crippen LogP contribution is 2.16. The number of anilines is 1. The Kier molecular flexibility index (Phi) is 4.12. The van der Waals surface area contributed by atoms with Crippen molar-refractivity contribution < 1.29 is 9.53 Å². The number of esters is 1. The second-order valence-corrected chi connectivity index (χ2v) is 3.11. The van der Waals surface area contributed by atoms with Gasteiger partial charge in [0.05, 0.1) is 6.61 Å². The van der Waals surface area contributed by atoms with E-state index in [4.69, 9.17) is 22.1 Å². The number of aromatic nitrogens is 1. The zero-order chi connectivity index (χ0) is 11.3. The number of nitrogens with two attached hydrogens (primary N) is 1. The Balaban J connectivity index is 2.76. The van der Waals surface area contributed by atoms with Gasteiger partial charge in [0.25, 0.3) is 0 Å². The van der Waals surface area contributed by atoms with Gasteiger partial charge in [0.15, 0.2) is 0 Å². The maximum absolute atomic E-state index is 11.0. The molecule has 1 aromatic rings. The first-order valence-electron chi connectivity index (χ1n) is 4.39. The van der Waals surface area contributed by atoms with Gasteiger partial charge in [-0.15, -0.1) is 0 Å². The lowest BCUT2D eigenvalue weighted by Crippen LogP contribution is -1.99. The number of halogens is 1. The molecule has 0 unspecified atom stereocenters. The number of carbonyl (C=O) groups is 1. The molecule has 4 nitrogen and oxygen atoms in total. The lowest BCUT2D eigenvalue weighted by Gasteiger charge is -1.99. The van der Waals surface area contributed by atoms with Crippen molar-refractivity contribution >= 4 is 29.3 Å². The Hall–Kier alpha value is -1.55. The highest BCUT2D eigenvalue weighted by atomic mass is 35.5. The molecule has 15 heavy (non-hydrogen) atoms. The molecule has 0 spiro atoms. The molecular weight excluding hydrogens is 216 g/mol. The van der Waals surface area contributed by atoms with Gasteiger partial charge in [-0.2, -0.15) is 0 Å². The molecule has 0 aliphatic heterocycles. The third kappa shape index (κ3) is 3.59. The van der Waals surface area contributed by atoms with Gasteiger partial charge in [-0.3, -0.25) is 0 Å². The van der Waals surface area contributed by atoms with E-state index in [0.29, 0.717) is 23.0 Å². The van der Waals surface area contributed by atoms with Crippen LogP contribution < -0.4 is 5.73 Å². The number of hydrogen-bond acceptors (Lipinski definition) is 4. The van der Waals surface area contributed by atoms with Gasteiger partial charge in [0.2, 0.25) is 0 Å². The van der Waals surface area contributed by atoms with E-state index in [1.54, 1.807) is 6.92 Å². The van der Waals surface area contributed by atoms with Crippen LogP contribution in [0.25, 0.3) is 6.08 Å². The summed E-state index contributed by atoms with van der Waals surface area (Å²) in [6.45, 7) is 2.08. The standard InChI is InChI=1S/C10H11ClN2O2/c1-2-15-10(14)4-3-7-6-13-9(11)5-8(7)12/h3-6H,2H2,1H3,(H2,12,13)/b4-3+. The summed E-state index contributed by atoms with van der Waals surface area (Å²) >= 11 is 5.62. The van der Waals surface area contributed by atoms with Gasteiger partial charge in [-0.05, 0) is 19.1 Å². The Morgan fingerprint density at radius 1 is 1.73 bits per heavy atom. The van der Waals surface area contributed by atoms with Crippen LogP contribution in [-0.4, -0.2) is 17.6 Å². The van der Waals surface area contributed by atoms with Crippen LogP contribution in [0.3, 0.4) is 0 Å². The van der Waals surface area contributed by atoms with Crippen LogP contribution >= 0.6 is 11.6 Å². The summed E-state index contributed by atoms with van der Waals surface area (Å²) in [5.41, 5.74) is 6.75. The van der Waals surface area contributed by atoms with Crippen molar-refractivity contribution in [1.82, 2.24) is 4.98 Å². The van der Waals surface area contributed by atoms with Crippen molar-refractivity contribution in [2.24, 2.45) is 0 Å². The van der Waals surface area contributed by atoms with Crippen molar-refractivity contribution in [3.63, 3.8) is 0 Å². The predicted octanol–water partition coefficient (Wildman–Crippen LogP) is 1.89. The molecule has 1 aromatic heterocycles. The molecule has 0 aromatic carbocycles. The second kappa shape index (κ2) is 5.36. The fraction of sp³-hybridized carbons (Fsp3) is 0.200. The molecule has 0 bridgehead atoms. The summed E-state index contributed by atoms with van der Waals surface area (Å²) in [6, 6.07) is 1.52. The maximum Gasteiger partial charge on any atom is 0.330 e. The summed E-state index contributed by atoms with van der Waals surface area (Å²) in [7, 11) is 0. The molecule has 0 atom stereocenters. The average Bonchev–Trinajstić information content (AvgIpc) is 2.17. The van der Waals surface area contributed by atoms with Gasteiger partial charge in [0.1, 0.15) is 5.15 Å². The summed E-state index contributed by atoms with van der Waals surface area (Å²) in [5.74, 6) is -0.410. The van der Waals surface area contributed by atoms with E-state index in [9.17, 15) is 4.79 Å². The molecule has 0 radical (unpaired) electrons. The summed E-state index contributed by atoms with van der Waals surface area (Å²) in [5, 5.41) is 0.320. The summed E-state index contributed by atoms with van der Waals surface area (Å²) in [4.78, 5) is 14.8. The van der Waals surface area contributed by atoms with Crippen LogP contribution in [0.5, 0.6) is 0 Å². The van der Waals surface area contributed by atoms with E-state index in [0.717, 1.165) is 0 Å². The van der Waals surface area contributed by atoms with Crippen molar-refractivity contribution in [3.05, 3.63) is 29.1 Å². The SMILES string of the molecule is CCOC(=O)/C=C/c1cnc(Cl)cc1N. The van der Waals surface area contributed by atoms with Gasteiger partial charge in [-0.1, -0.05) is 11.6 Å². The number of nitrogen functional groups attached to an aromatic ring is 1. The van der Waals surface area contributed by atoms with Gasteiger partial charge in [0, 0.05) is 23.5 Å². The Labute approximate surface area is 92.7 Å². The molecule has 0 saturated carbocycles. The fourth-order valence-electron chi connectivity index (χ4n) is 0.942. The molecule has 80 valence electrons. The third-order valence-corrected chi connectivity index (χ3v) is 1.83. The van der Waals surface area contributed by atoms with Crippen LogP contribution in [-0.2, 0) is 9.53 Å². The normalized spacial score (nSPS) is 10.5. The van der Waals surface area contributed by atoms with Crippen LogP contribution in [0.1, 0.15) is 12.5 Å². The molecule has 0 saturated heterocycles. The number of nitrogens with zero attached hydrogens (tertiary/aromatic N) is 1. The quantitative estimate of drug-likeness (QED) is 0.486. The topological polar surface area (TPSA) is 65.2 Å². The van der Waals surface area contributed by atoms with E-state index in [2.05, 4.69) is 4.98 Å². The lowest BCUT2D eigenvalue weighted by molar-refractivity contribution is -0.137. The van der Waals surface area contributed by atoms with Crippen LogP contribution in [0.2, 0.25) is 5.15 Å². The molecule has 5 heteroatoms. The first kappa shape index (κ1) is 11.5. The number of pyridine rings is 1. The minimum absolute atomic E-state index is 0.320. The van der Waals surface area contributed by atoms with Crippen molar-refractivity contribution in [3.8, 4) is 0 Å². The zero-order valence-electron chi connectivity index (χ0n) is 8.24. The third-order valence-electron chi connectivity index (χ3n) is 1.62. The Bertz CT molecular complexity index is 391. The molecule has 1 heterocycles. The largest absolute Gasteiger partial charge is 0.463 e. The predicted molar refractivity (Wildman–Crippen MR) is 59.3 cm³/mol. The fourth-order valence-corrected chi connectivity index (χ4v) is 1.11. The number of rotatable bonds is 3. The highest BCUT2D eigenvalue weighted by molar-refractivity contribution is 6.29. The van der Waals surface area contributed by atoms with E-state index in [-0.39, 0.29) is 0 Å². The second-order valence-electron chi connectivity index (χ2n) is 2.72. The summed E-state index contributed by atoms with van der Waals surface area (Å²) in [6.07, 6.45) is 4.33. The molecule has 0 fully saturated rings. The highest BCUT2D eigenvalue weighted by Gasteiger charge is 1.99. The first-order chi connectivity index (χ1) is 7.13. The van der Waals surface area contributed by atoms with Gasteiger partial charge < -0.3 is 10.5 Å². The van der Waals surface area contributed by atoms with Gasteiger partial charge in [-0.25, -0.2) is 9.78 Å². The van der Waals surface area contributed by atoms with E-state index in [1.807, 2.05) is 0 Å². The Morgan fingerprint density at radius 3 is 3.07 bits per heavy atom. The van der Waals surface area contributed by atoms with E-state index >= 15 is 0 Å². The minimum atomic E-state index is -0.410. The number of carbonyl (C=O) groups excluding carboxylic acids is 1. The van der Waals surface area contributed by atoms with Crippen molar-refractivity contribution in [2.75, 3.05) is 12.3 Å². The molecule has 2 N–H and O–H groups in total. The molecule has 0 aliphatic rings.